The highest BCUT2D eigenvalue weighted by molar-refractivity contribution is 6.04. The molecule has 5 heterocycles. The predicted molar refractivity (Wildman–Crippen MR) is 174 cm³/mol. The molecule has 9 rings (SSSR count). The van der Waals surface area contributed by atoms with E-state index in [1.807, 2.05) is 0 Å². The molecule has 0 amide bonds. The van der Waals surface area contributed by atoms with Crippen molar-refractivity contribution in [1.29, 1.82) is 0 Å². The average molecular weight is 640 g/mol. The number of aromatic hydroxyl groups is 1. The average Bonchev–Trinajstić information content (AvgIpc) is 3.43. The van der Waals surface area contributed by atoms with E-state index in [9.17, 15) is 9.50 Å². The number of phenols is 1. The summed E-state index contributed by atoms with van der Waals surface area (Å²) in [6.07, 6.45) is 14.9. The van der Waals surface area contributed by atoms with Crippen LogP contribution in [-0.2, 0) is 0 Å². The third-order valence-electron chi connectivity index (χ3n) is 11.4. The molecule has 4 bridgehead atoms. The van der Waals surface area contributed by atoms with Gasteiger partial charge in [0.1, 0.15) is 28.7 Å². The number of ether oxygens (including phenoxy) is 1. The SMILES string of the molecule is C#Cc1c(F)ccc2cc(O)cc(-c3c(F)cc4c(N5CC6CCC(C5)N6)nc(OCC5(CN6C7CCC6CC7)CC5)nc4c3F)c12. The van der Waals surface area contributed by atoms with Crippen molar-refractivity contribution in [2.75, 3.05) is 31.1 Å². The molecule has 10 heteroatoms. The fourth-order valence-electron chi connectivity index (χ4n) is 8.85. The van der Waals surface area contributed by atoms with Gasteiger partial charge in [-0.3, -0.25) is 4.90 Å². The highest BCUT2D eigenvalue weighted by Gasteiger charge is 2.50. The van der Waals surface area contributed by atoms with Gasteiger partial charge < -0.3 is 20.1 Å². The molecule has 1 saturated carbocycles. The van der Waals surface area contributed by atoms with Gasteiger partial charge in [-0.2, -0.15) is 9.97 Å². The number of hydrogen-bond acceptors (Lipinski definition) is 7. The number of terminal acetylenes is 1. The van der Waals surface area contributed by atoms with Gasteiger partial charge in [-0.25, -0.2) is 13.2 Å². The van der Waals surface area contributed by atoms with E-state index in [0.29, 0.717) is 43.0 Å². The Labute approximate surface area is 271 Å². The van der Waals surface area contributed by atoms with Gasteiger partial charge >= 0.3 is 6.01 Å². The second-order valence-electron chi connectivity index (χ2n) is 14.4. The Morgan fingerprint density at radius 1 is 0.957 bits per heavy atom. The number of anilines is 1. The predicted octanol–water partition coefficient (Wildman–Crippen LogP) is 6.28. The van der Waals surface area contributed by atoms with Gasteiger partial charge in [-0.1, -0.05) is 12.0 Å². The lowest BCUT2D eigenvalue weighted by atomic mass is 9.92. The van der Waals surface area contributed by atoms with Gasteiger partial charge in [0.05, 0.1) is 17.7 Å². The molecule has 1 aromatic heterocycles. The molecule has 2 N–H and O–H groups in total. The van der Waals surface area contributed by atoms with Crippen LogP contribution in [0.1, 0.15) is 56.9 Å². The number of benzene rings is 3. The largest absolute Gasteiger partial charge is 0.508 e. The summed E-state index contributed by atoms with van der Waals surface area (Å²) < 4.78 is 54.4. The number of fused-ring (bicyclic) bond motifs is 6. The highest BCUT2D eigenvalue weighted by Crippen LogP contribution is 2.50. The van der Waals surface area contributed by atoms with Crippen LogP contribution in [0.2, 0.25) is 0 Å². The van der Waals surface area contributed by atoms with E-state index in [2.05, 4.69) is 26.0 Å². The molecule has 5 fully saturated rings. The third-order valence-corrected chi connectivity index (χ3v) is 11.4. The van der Waals surface area contributed by atoms with Gasteiger partial charge in [0.2, 0.25) is 0 Å². The number of nitrogens with one attached hydrogen (secondary N) is 1. The molecule has 4 aromatic rings. The second-order valence-corrected chi connectivity index (χ2v) is 14.4. The van der Waals surface area contributed by atoms with Crippen LogP contribution < -0.4 is 15.0 Å². The fraction of sp³-hybridized carbons (Fsp3) is 0.459. The van der Waals surface area contributed by atoms with Crippen LogP contribution in [0.5, 0.6) is 11.8 Å². The van der Waals surface area contributed by atoms with Crippen molar-refractivity contribution in [1.82, 2.24) is 20.2 Å². The number of hydrogen-bond donors (Lipinski definition) is 2. The Kier molecular flexibility index (Phi) is 6.64. The zero-order chi connectivity index (χ0) is 32.0. The van der Waals surface area contributed by atoms with Gasteiger partial charge in [0.25, 0.3) is 0 Å². The Hall–Kier alpha value is -4.07. The standard InChI is InChI=1S/C37H36F3N5O2/c1-2-26-29(38)10-3-20-13-25(46)14-27(31(20)26)32-30(39)15-28-34(33(32)40)42-36(43-35(28)44-16-21-4-5-22(17-44)41-21)47-19-37(11-12-37)18-45-23-6-7-24(45)9-8-23/h1,3,10,13-15,21-24,41,46H,4-9,11-12,16-19H2. The Morgan fingerprint density at radius 3 is 2.36 bits per heavy atom. The molecule has 2 unspecified atom stereocenters. The summed E-state index contributed by atoms with van der Waals surface area (Å²) in [6, 6.07) is 8.38. The lowest BCUT2D eigenvalue weighted by Crippen LogP contribution is -2.51. The number of halogens is 3. The van der Waals surface area contributed by atoms with Crippen molar-refractivity contribution in [2.24, 2.45) is 5.41 Å². The van der Waals surface area contributed by atoms with Gasteiger partial charge in [0.15, 0.2) is 5.82 Å². The number of phenolic OH excluding ortho intramolecular Hbond substituents is 1. The monoisotopic (exact) mass is 639 g/mol. The van der Waals surface area contributed by atoms with Crippen LogP contribution in [0.3, 0.4) is 0 Å². The van der Waals surface area contributed by atoms with Crippen LogP contribution in [-0.4, -0.2) is 70.4 Å². The molecule has 242 valence electrons. The molecule has 4 saturated heterocycles. The summed E-state index contributed by atoms with van der Waals surface area (Å²) in [6.45, 7) is 2.72. The molecule has 47 heavy (non-hydrogen) atoms. The van der Waals surface area contributed by atoms with Crippen LogP contribution in [0.4, 0.5) is 19.0 Å². The van der Waals surface area contributed by atoms with Gasteiger partial charge in [-0.15, -0.1) is 6.42 Å². The third kappa shape index (κ3) is 4.81. The first-order chi connectivity index (χ1) is 22.8. The Balaban J connectivity index is 1.16. The second kappa shape index (κ2) is 10.7. The number of aromatic nitrogens is 2. The molecule has 5 aliphatic rings. The highest BCUT2D eigenvalue weighted by atomic mass is 19.1. The summed E-state index contributed by atoms with van der Waals surface area (Å²) in [4.78, 5) is 14.1. The zero-order valence-corrected chi connectivity index (χ0v) is 26.0. The van der Waals surface area contributed by atoms with E-state index >= 15 is 8.78 Å². The van der Waals surface area contributed by atoms with E-state index in [4.69, 9.17) is 16.1 Å². The lowest BCUT2D eigenvalue weighted by molar-refractivity contribution is 0.144. The smallest absolute Gasteiger partial charge is 0.319 e. The Bertz CT molecular complexity index is 1960. The minimum atomic E-state index is -0.944. The molecule has 3 aromatic carbocycles. The summed E-state index contributed by atoms with van der Waals surface area (Å²) in [5.41, 5.74) is -0.698. The molecular formula is C37H36F3N5O2. The maximum absolute atomic E-state index is 16.9. The van der Waals surface area contributed by atoms with Crippen LogP contribution in [0.25, 0.3) is 32.8 Å². The van der Waals surface area contributed by atoms with Crippen LogP contribution in [0.15, 0.2) is 30.3 Å². The summed E-state index contributed by atoms with van der Waals surface area (Å²) in [7, 11) is 0. The van der Waals surface area contributed by atoms with Crippen LogP contribution in [0, 0.1) is 35.2 Å². The lowest BCUT2D eigenvalue weighted by Gasteiger charge is -2.34. The zero-order valence-electron chi connectivity index (χ0n) is 26.0. The topological polar surface area (TPSA) is 73.8 Å². The number of rotatable bonds is 7. The minimum absolute atomic E-state index is 0.0283. The van der Waals surface area contributed by atoms with Gasteiger partial charge in [-0.05, 0) is 81.0 Å². The maximum atomic E-state index is 16.9. The molecule has 7 nitrogen and oxygen atoms in total. The molecule has 4 aliphatic heterocycles. The summed E-state index contributed by atoms with van der Waals surface area (Å²) in [5.74, 6) is 0.00722. The van der Waals surface area contributed by atoms with E-state index in [1.54, 1.807) is 0 Å². The molecular weight excluding hydrogens is 603 g/mol. The number of piperazine rings is 1. The van der Waals surface area contributed by atoms with E-state index in [1.165, 1.54) is 56.0 Å². The van der Waals surface area contributed by atoms with Crippen molar-refractivity contribution in [3.8, 4) is 35.2 Å². The number of nitrogens with zero attached hydrogens (tertiary/aromatic N) is 4. The first kappa shape index (κ1) is 29.1. The van der Waals surface area contributed by atoms with Crippen molar-refractivity contribution in [2.45, 2.75) is 75.5 Å². The van der Waals surface area contributed by atoms with Gasteiger partial charge in [0, 0.05) is 65.6 Å². The van der Waals surface area contributed by atoms with Crippen molar-refractivity contribution in [3.05, 3.63) is 53.3 Å². The Morgan fingerprint density at radius 2 is 1.68 bits per heavy atom. The summed E-state index contributed by atoms with van der Waals surface area (Å²) >= 11 is 0. The fourth-order valence-corrected chi connectivity index (χ4v) is 8.85. The van der Waals surface area contributed by atoms with Crippen molar-refractivity contribution in [3.63, 3.8) is 0 Å². The molecule has 0 spiro atoms. The molecule has 0 radical (unpaired) electrons. The molecule has 1 aliphatic carbocycles. The summed E-state index contributed by atoms with van der Waals surface area (Å²) in [5, 5.41) is 14.9. The van der Waals surface area contributed by atoms with E-state index in [-0.39, 0.29) is 56.7 Å². The van der Waals surface area contributed by atoms with Crippen LogP contribution >= 0.6 is 0 Å². The first-order valence-electron chi connectivity index (χ1n) is 16.8. The van der Waals surface area contributed by atoms with E-state index < -0.39 is 23.0 Å². The normalized spacial score (nSPS) is 26.0. The van der Waals surface area contributed by atoms with E-state index in [0.717, 1.165) is 32.2 Å². The van der Waals surface area contributed by atoms with Crippen molar-refractivity contribution < 1.29 is 23.0 Å². The van der Waals surface area contributed by atoms with Crippen molar-refractivity contribution >= 4 is 27.5 Å². The quantitative estimate of drug-likeness (QED) is 0.231. The first-order valence-corrected chi connectivity index (χ1v) is 16.8. The maximum Gasteiger partial charge on any atom is 0.319 e. The molecule has 2 atom stereocenters. The minimum Gasteiger partial charge on any atom is -0.508 e.